The molecule has 0 unspecified atom stereocenters. The highest BCUT2D eigenvalue weighted by Crippen LogP contribution is 2.37. The monoisotopic (exact) mass is 467 g/mol. The molecule has 8 heteroatoms. The van der Waals surface area contributed by atoms with Crippen molar-refractivity contribution in [1.82, 2.24) is 9.97 Å². The molecule has 32 heavy (non-hydrogen) atoms. The van der Waals surface area contributed by atoms with Crippen LogP contribution in [-0.2, 0) is 10.5 Å². The molecule has 2 aromatic carbocycles. The number of ether oxygens (including phenoxy) is 1. The lowest BCUT2D eigenvalue weighted by Gasteiger charge is -2.12. The van der Waals surface area contributed by atoms with E-state index in [2.05, 4.69) is 5.32 Å². The van der Waals surface area contributed by atoms with Gasteiger partial charge in [0.25, 0.3) is 0 Å². The summed E-state index contributed by atoms with van der Waals surface area (Å²) in [5, 5.41) is 4.02. The Bertz CT molecular complexity index is 1280. The molecule has 0 amide bonds. The normalized spacial score (nSPS) is 11.0. The molecular weight excluding hydrogens is 445 g/mol. The van der Waals surface area contributed by atoms with Gasteiger partial charge in [-0.15, -0.1) is 23.1 Å². The summed E-state index contributed by atoms with van der Waals surface area (Å²) in [6.45, 7) is 5.83. The molecule has 0 saturated carbocycles. The van der Waals surface area contributed by atoms with Crippen molar-refractivity contribution in [3.63, 3.8) is 0 Å². The molecule has 0 aliphatic carbocycles. The van der Waals surface area contributed by atoms with Crippen LogP contribution in [-0.4, -0.2) is 22.5 Å². The van der Waals surface area contributed by atoms with E-state index in [-0.39, 0.29) is 11.8 Å². The quantitative estimate of drug-likeness (QED) is 0.242. The van der Waals surface area contributed by atoms with Gasteiger partial charge in [-0.2, -0.15) is 0 Å². The predicted octanol–water partition coefficient (Wildman–Crippen LogP) is 6.66. The summed E-state index contributed by atoms with van der Waals surface area (Å²) in [5.41, 5.74) is 2.26. The van der Waals surface area contributed by atoms with Crippen LogP contribution in [0, 0.1) is 19.7 Å². The number of aryl methyl sites for hydroxylation is 2. The number of nitrogens with zero attached hydrogens (tertiary/aromatic N) is 2. The van der Waals surface area contributed by atoms with Gasteiger partial charge in [0.1, 0.15) is 27.2 Å². The Hall–Kier alpha value is -2.97. The molecule has 164 valence electrons. The predicted molar refractivity (Wildman–Crippen MR) is 129 cm³/mol. The standard InChI is InChI=1S/C24H22FN3O2S2/c1-4-30-24(29)21-15(3)20-22(26-18-12-16(25)11-10-14(18)2)27-19(28-23(20)32-21)13-31-17-8-6-5-7-9-17/h5-12H,4,13H2,1-3H3,(H,26,27,28). The van der Waals surface area contributed by atoms with Gasteiger partial charge in [0, 0.05) is 10.6 Å². The van der Waals surface area contributed by atoms with Crippen LogP contribution in [0.15, 0.2) is 53.4 Å². The fourth-order valence-electron chi connectivity index (χ4n) is 3.25. The first kappa shape index (κ1) is 22.2. The minimum absolute atomic E-state index is 0.296. The topological polar surface area (TPSA) is 64.1 Å². The van der Waals surface area contributed by atoms with Crippen LogP contribution in [0.25, 0.3) is 10.2 Å². The number of carbonyl (C=O) groups excluding carboxylic acids is 1. The third-order valence-corrected chi connectivity index (χ3v) is 7.03. The summed E-state index contributed by atoms with van der Waals surface area (Å²) in [4.78, 5) is 24.2. The van der Waals surface area contributed by atoms with Crippen LogP contribution in [0.4, 0.5) is 15.9 Å². The molecule has 4 rings (SSSR count). The molecule has 2 heterocycles. The number of carbonyl (C=O) groups is 1. The molecule has 0 aliphatic heterocycles. The third-order valence-electron chi connectivity index (χ3n) is 4.86. The zero-order valence-corrected chi connectivity index (χ0v) is 19.6. The minimum Gasteiger partial charge on any atom is -0.462 e. The van der Waals surface area contributed by atoms with E-state index < -0.39 is 0 Å². The maximum atomic E-state index is 13.9. The second kappa shape index (κ2) is 9.67. The van der Waals surface area contributed by atoms with Crippen LogP contribution in [0.3, 0.4) is 0 Å². The van der Waals surface area contributed by atoms with E-state index in [1.54, 1.807) is 24.8 Å². The molecule has 0 saturated heterocycles. The number of fused-ring (bicyclic) bond motifs is 1. The molecule has 0 aliphatic rings. The Labute approximate surface area is 194 Å². The maximum absolute atomic E-state index is 13.9. The molecule has 2 aromatic heterocycles. The number of esters is 1. The van der Waals surface area contributed by atoms with E-state index in [0.717, 1.165) is 21.4 Å². The van der Waals surface area contributed by atoms with Gasteiger partial charge in [-0.25, -0.2) is 19.2 Å². The van der Waals surface area contributed by atoms with Crippen molar-refractivity contribution >= 4 is 50.8 Å². The summed E-state index contributed by atoms with van der Waals surface area (Å²) < 4.78 is 19.1. The number of thioether (sulfide) groups is 1. The third kappa shape index (κ3) is 4.76. The number of thiophene rings is 1. The fraction of sp³-hybridized carbons (Fsp3) is 0.208. The van der Waals surface area contributed by atoms with Crippen LogP contribution in [0.2, 0.25) is 0 Å². The highest BCUT2D eigenvalue weighted by molar-refractivity contribution is 7.98. The van der Waals surface area contributed by atoms with E-state index in [9.17, 15) is 9.18 Å². The van der Waals surface area contributed by atoms with Gasteiger partial charge < -0.3 is 10.1 Å². The van der Waals surface area contributed by atoms with Gasteiger partial charge in [0.05, 0.1) is 17.7 Å². The van der Waals surface area contributed by atoms with Gasteiger partial charge in [0.15, 0.2) is 0 Å². The summed E-state index contributed by atoms with van der Waals surface area (Å²) >= 11 is 2.92. The van der Waals surface area contributed by atoms with Crippen molar-refractivity contribution in [2.24, 2.45) is 0 Å². The number of anilines is 2. The molecular formula is C24H22FN3O2S2. The largest absolute Gasteiger partial charge is 0.462 e. The molecule has 0 atom stereocenters. The number of nitrogens with one attached hydrogen (secondary N) is 1. The van der Waals surface area contributed by atoms with E-state index in [1.807, 2.05) is 44.2 Å². The first-order chi connectivity index (χ1) is 15.5. The van der Waals surface area contributed by atoms with Crippen LogP contribution in [0.5, 0.6) is 0 Å². The zero-order chi connectivity index (χ0) is 22.7. The summed E-state index contributed by atoms with van der Waals surface area (Å²) in [6, 6.07) is 14.6. The number of hydrogen-bond acceptors (Lipinski definition) is 7. The zero-order valence-electron chi connectivity index (χ0n) is 17.9. The summed E-state index contributed by atoms with van der Waals surface area (Å²) in [5.74, 6) is 1.03. The van der Waals surface area contributed by atoms with Crippen molar-refractivity contribution in [2.75, 3.05) is 11.9 Å². The van der Waals surface area contributed by atoms with Gasteiger partial charge in [-0.05, 0) is 56.2 Å². The summed E-state index contributed by atoms with van der Waals surface area (Å²) in [6.07, 6.45) is 0. The number of aromatic nitrogens is 2. The van der Waals surface area contributed by atoms with Gasteiger partial charge in [-0.1, -0.05) is 24.3 Å². The molecule has 1 N–H and O–H groups in total. The van der Waals surface area contributed by atoms with E-state index in [0.29, 0.717) is 39.4 Å². The lowest BCUT2D eigenvalue weighted by molar-refractivity contribution is 0.0531. The highest BCUT2D eigenvalue weighted by atomic mass is 32.2. The van der Waals surface area contributed by atoms with Gasteiger partial charge in [-0.3, -0.25) is 0 Å². The molecule has 0 radical (unpaired) electrons. The van der Waals surface area contributed by atoms with Crippen molar-refractivity contribution in [2.45, 2.75) is 31.4 Å². The maximum Gasteiger partial charge on any atom is 0.348 e. The lowest BCUT2D eigenvalue weighted by Crippen LogP contribution is -2.04. The summed E-state index contributed by atoms with van der Waals surface area (Å²) in [7, 11) is 0. The Morgan fingerprint density at radius 2 is 1.94 bits per heavy atom. The Morgan fingerprint density at radius 1 is 1.16 bits per heavy atom. The van der Waals surface area contributed by atoms with Gasteiger partial charge >= 0.3 is 5.97 Å². The number of rotatable bonds is 7. The van der Waals surface area contributed by atoms with Gasteiger partial charge in [0.2, 0.25) is 0 Å². The molecule has 0 spiro atoms. The first-order valence-corrected chi connectivity index (χ1v) is 11.9. The highest BCUT2D eigenvalue weighted by Gasteiger charge is 2.22. The molecule has 0 fully saturated rings. The average Bonchev–Trinajstić information content (AvgIpc) is 3.12. The second-order valence-electron chi connectivity index (χ2n) is 7.13. The number of halogens is 1. The SMILES string of the molecule is CCOC(=O)c1sc2nc(CSc3ccccc3)nc(Nc3cc(F)ccc3C)c2c1C. The lowest BCUT2D eigenvalue weighted by atomic mass is 10.1. The Balaban J connectivity index is 1.78. The van der Waals surface area contributed by atoms with Crippen LogP contribution in [0.1, 0.15) is 33.5 Å². The average molecular weight is 468 g/mol. The Morgan fingerprint density at radius 3 is 2.69 bits per heavy atom. The fourth-order valence-corrected chi connectivity index (χ4v) is 5.12. The number of benzene rings is 2. The van der Waals surface area contributed by atoms with E-state index >= 15 is 0 Å². The first-order valence-electron chi connectivity index (χ1n) is 10.1. The van der Waals surface area contributed by atoms with Crippen LogP contribution >= 0.6 is 23.1 Å². The van der Waals surface area contributed by atoms with Crippen molar-refractivity contribution < 1.29 is 13.9 Å². The Kier molecular flexibility index (Phi) is 6.72. The van der Waals surface area contributed by atoms with E-state index in [1.165, 1.54) is 23.5 Å². The van der Waals surface area contributed by atoms with Crippen molar-refractivity contribution in [3.8, 4) is 0 Å². The molecule has 4 aromatic rings. The molecule has 5 nitrogen and oxygen atoms in total. The minimum atomic E-state index is -0.374. The van der Waals surface area contributed by atoms with Crippen LogP contribution < -0.4 is 5.32 Å². The van der Waals surface area contributed by atoms with Crippen molar-refractivity contribution in [1.29, 1.82) is 0 Å². The smallest absolute Gasteiger partial charge is 0.348 e. The second-order valence-corrected chi connectivity index (χ2v) is 9.18. The number of hydrogen-bond donors (Lipinski definition) is 1. The molecule has 0 bridgehead atoms. The van der Waals surface area contributed by atoms with E-state index in [4.69, 9.17) is 14.7 Å². The van der Waals surface area contributed by atoms with Crippen molar-refractivity contribution in [3.05, 3.63) is 76.2 Å².